The van der Waals surface area contributed by atoms with Gasteiger partial charge in [-0.15, -0.1) is 0 Å². The molecule has 178 valence electrons. The van der Waals surface area contributed by atoms with Crippen LogP contribution >= 0.6 is 0 Å². The molecule has 8 heteroatoms. The number of aromatic nitrogens is 2. The molecular weight excluding hydrogens is 437 g/mol. The molecule has 0 unspecified atom stereocenters. The number of esters is 1. The molecule has 1 aromatic carbocycles. The van der Waals surface area contributed by atoms with Crippen LogP contribution in [0.2, 0.25) is 0 Å². The third-order valence-corrected chi connectivity index (χ3v) is 6.74. The van der Waals surface area contributed by atoms with E-state index < -0.39 is 17.2 Å². The monoisotopic (exact) mass is 465 g/mol. The zero-order valence-electron chi connectivity index (χ0n) is 20.0. The average Bonchev–Trinajstić information content (AvgIpc) is 3.13. The van der Waals surface area contributed by atoms with Crippen molar-refractivity contribution in [3.8, 4) is 11.4 Å². The molecular formula is C26H28FN3O4. The van der Waals surface area contributed by atoms with Gasteiger partial charge in [0.05, 0.1) is 34.6 Å². The van der Waals surface area contributed by atoms with Crippen molar-refractivity contribution in [3.63, 3.8) is 0 Å². The summed E-state index contributed by atoms with van der Waals surface area (Å²) in [6, 6.07) is 4.98. The van der Waals surface area contributed by atoms with Gasteiger partial charge in [0.1, 0.15) is 12.4 Å². The predicted octanol–water partition coefficient (Wildman–Crippen LogP) is 3.81. The van der Waals surface area contributed by atoms with Crippen LogP contribution in [0.4, 0.5) is 4.39 Å². The molecule has 2 aliphatic heterocycles. The standard InChI is InChI=1S/C26H28FN3O4/c1-6-26(34-25(3,4)5)18-8-21-22-16(11-30(21)23(31)17(18)12-33-24(26)32)15(10-28)14-7-13(2)19(27)9-20(14)29-22/h7-9H,6,10-12,28H2,1-5H3/t26-/m0/s1. The summed E-state index contributed by atoms with van der Waals surface area (Å²) in [4.78, 5) is 31.5. The molecule has 2 N–H and O–H groups in total. The summed E-state index contributed by atoms with van der Waals surface area (Å²) >= 11 is 0. The molecule has 0 spiro atoms. The maximum Gasteiger partial charge on any atom is 0.343 e. The van der Waals surface area contributed by atoms with Crippen molar-refractivity contribution >= 4 is 16.9 Å². The molecule has 3 aromatic rings. The molecule has 0 radical (unpaired) electrons. The fourth-order valence-corrected chi connectivity index (χ4v) is 5.20. The van der Waals surface area contributed by atoms with Crippen LogP contribution in [0.5, 0.6) is 0 Å². The number of nitrogens with zero attached hydrogens (tertiary/aromatic N) is 2. The number of hydrogen-bond acceptors (Lipinski definition) is 6. The van der Waals surface area contributed by atoms with E-state index in [1.54, 1.807) is 17.6 Å². The lowest BCUT2D eigenvalue weighted by Gasteiger charge is -2.40. The van der Waals surface area contributed by atoms with Crippen LogP contribution in [0.15, 0.2) is 23.0 Å². The van der Waals surface area contributed by atoms with E-state index in [2.05, 4.69) is 0 Å². The zero-order valence-corrected chi connectivity index (χ0v) is 20.0. The molecule has 1 atom stereocenters. The minimum atomic E-state index is -1.40. The first-order chi connectivity index (χ1) is 16.0. The van der Waals surface area contributed by atoms with Crippen molar-refractivity contribution in [2.75, 3.05) is 0 Å². The number of carbonyl (C=O) groups is 1. The summed E-state index contributed by atoms with van der Waals surface area (Å²) in [6.45, 7) is 9.54. The van der Waals surface area contributed by atoms with Gasteiger partial charge in [-0.25, -0.2) is 14.2 Å². The molecule has 0 amide bonds. The predicted molar refractivity (Wildman–Crippen MR) is 126 cm³/mol. The first kappa shape index (κ1) is 22.7. The summed E-state index contributed by atoms with van der Waals surface area (Å²) < 4.78 is 27.8. The molecule has 0 aliphatic carbocycles. The summed E-state index contributed by atoms with van der Waals surface area (Å²) in [5.41, 5.74) is 8.55. The van der Waals surface area contributed by atoms with Gasteiger partial charge < -0.3 is 19.8 Å². The second-order valence-corrected chi connectivity index (χ2v) is 10.0. The van der Waals surface area contributed by atoms with E-state index in [4.69, 9.17) is 20.2 Å². The minimum absolute atomic E-state index is 0.109. The lowest BCUT2D eigenvalue weighted by atomic mass is 9.84. The molecule has 34 heavy (non-hydrogen) atoms. The van der Waals surface area contributed by atoms with Gasteiger partial charge in [-0.1, -0.05) is 6.92 Å². The number of carbonyl (C=O) groups excluding carboxylic acids is 1. The van der Waals surface area contributed by atoms with Gasteiger partial charge in [-0.3, -0.25) is 4.79 Å². The van der Waals surface area contributed by atoms with Gasteiger partial charge in [0, 0.05) is 29.1 Å². The number of pyridine rings is 2. The highest BCUT2D eigenvalue weighted by Crippen LogP contribution is 2.43. The van der Waals surface area contributed by atoms with E-state index in [-0.39, 0.29) is 24.5 Å². The van der Waals surface area contributed by atoms with E-state index >= 15 is 0 Å². The summed E-state index contributed by atoms with van der Waals surface area (Å²) in [6.07, 6.45) is 0.301. The van der Waals surface area contributed by atoms with Crippen LogP contribution in [-0.4, -0.2) is 21.1 Å². The Balaban J connectivity index is 1.82. The van der Waals surface area contributed by atoms with Gasteiger partial charge in [0.2, 0.25) is 0 Å². The first-order valence-electron chi connectivity index (χ1n) is 11.5. The number of cyclic esters (lactones) is 1. The largest absolute Gasteiger partial charge is 0.458 e. The highest BCUT2D eigenvalue weighted by atomic mass is 19.1. The fourth-order valence-electron chi connectivity index (χ4n) is 5.20. The van der Waals surface area contributed by atoms with Gasteiger partial charge in [-0.2, -0.15) is 0 Å². The van der Waals surface area contributed by atoms with Crippen LogP contribution in [0.25, 0.3) is 22.3 Å². The van der Waals surface area contributed by atoms with Crippen molar-refractivity contribution in [2.45, 2.75) is 71.9 Å². The van der Waals surface area contributed by atoms with Crippen LogP contribution in [0, 0.1) is 12.7 Å². The third kappa shape index (κ3) is 3.12. The highest BCUT2D eigenvalue weighted by Gasteiger charge is 2.50. The smallest absolute Gasteiger partial charge is 0.343 e. The molecule has 0 saturated heterocycles. The minimum Gasteiger partial charge on any atom is -0.458 e. The summed E-state index contributed by atoms with van der Waals surface area (Å²) in [7, 11) is 0. The number of ether oxygens (including phenoxy) is 2. The Labute approximate surface area is 196 Å². The number of nitrogens with two attached hydrogens (primary N) is 1. The van der Waals surface area contributed by atoms with Gasteiger partial charge in [0.25, 0.3) is 5.56 Å². The molecule has 0 fully saturated rings. The number of rotatable bonds is 3. The fraction of sp³-hybridized carbons (Fsp3) is 0.423. The van der Waals surface area contributed by atoms with Crippen LogP contribution in [-0.2, 0) is 39.6 Å². The Morgan fingerprint density at radius 2 is 1.97 bits per heavy atom. The van der Waals surface area contributed by atoms with Crippen molar-refractivity contribution in [1.29, 1.82) is 0 Å². The lowest BCUT2D eigenvalue weighted by molar-refractivity contribution is -0.200. The Morgan fingerprint density at radius 1 is 1.24 bits per heavy atom. The lowest BCUT2D eigenvalue weighted by Crippen LogP contribution is -2.49. The quantitative estimate of drug-likeness (QED) is 0.462. The molecule has 0 bridgehead atoms. The highest BCUT2D eigenvalue weighted by molar-refractivity contribution is 5.89. The second kappa shape index (κ2) is 7.45. The maximum absolute atomic E-state index is 14.4. The Kier molecular flexibility index (Phi) is 4.97. The zero-order chi connectivity index (χ0) is 24.6. The molecule has 2 aliphatic rings. The van der Waals surface area contributed by atoms with Crippen LogP contribution < -0.4 is 11.3 Å². The number of hydrogen-bond donors (Lipinski definition) is 1. The number of aryl methyl sites for hydroxylation is 1. The molecule has 2 aromatic heterocycles. The van der Waals surface area contributed by atoms with Gasteiger partial charge >= 0.3 is 5.97 Å². The summed E-state index contributed by atoms with van der Waals surface area (Å²) in [5.74, 6) is -0.860. The van der Waals surface area contributed by atoms with Crippen molar-refractivity contribution < 1.29 is 18.7 Å². The van der Waals surface area contributed by atoms with E-state index in [0.717, 1.165) is 16.5 Å². The van der Waals surface area contributed by atoms with E-state index in [9.17, 15) is 14.0 Å². The number of benzene rings is 1. The third-order valence-electron chi connectivity index (χ3n) is 6.74. The second-order valence-electron chi connectivity index (χ2n) is 10.0. The SMILES string of the molecule is CC[C@@]1(OC(C)(C)C)C(=O)OCc2c1cc1n(c2=O)Cc2c-1nc1cc(F)c(C)cc1c2CN. The van der Waals surface area contributed by atoms with Crippen LogP contribution in [0.3, 0.4) is 0 Å². The van der Waals surface area contributed by atoms with Gasteiger partial charge in [0.15, 0.2) is 5.60 Å². The Bertz CT molecular complexity index is 1440. The first-order valence-corrected chi connectivity index (χ1v) is 11.5. The van der Waals surface area contributed by atoms with Crippen molar-refractivity contribution in [3.05, 3.63) is 62.2 Å². The Hall–Kier alpha value is -3.10. The van der Waals surface area contributed by atoms with E-state index in [0.29, 0.717) is 46.6 Å². The normalized spacial score (nSPS) is 19.1. The van der Waals surface area contributed by atoms with Gasteiger partial charge in [-0.05, 0) is 57.4 Å². The van der Waals surface area contributed by atoms with Crippen molar-refractivity contribution in [2.24, 2.45) is 5.73 Å². The molecule has 7 nitrogen and oxygen atoms in total. The van der Waals surface area contributed by atoms with Crippen molar-refractivity contribution in [1.82, 2.24) is 9.55 Å². The summed E-state index contributed by atoms with van der Waals surface area (Å²) in [5, 5.41) is 0.781. The van der Waals surface area contributed by atoms with E-state index in [1.807, 2.05) is 33.8 Å². The molecule has 0 saturated carbocycles. The molecule has 4 heterocycles. The number of fused-ring (bicyclic) bond motifs is 5. The topological polar surface area (TPSA) is 96.4 Å². The number of halogens is 1. The van der Waals surface area contributed by atoms with Crippen LogP contribution in [0.1, 0.15) is 61.9 Å². The average molecular weight is 466 g/mol. The maximum atomic E-state index is 14.4. The molecule has 5 rings (SSSR count). The Morgan fingerprint density at radius 3 is 2.62 bits per heavy atom. The van der Waals surface area contributed by atoms with E-state index in [1.165, 1.54) is 6.07 Å².